The summed E-state index contributed by atoms with van der Waals surface area (Å²) in [6.45, 7) is 4.00. The highest BCUT2D eigenvalue weighted by molar-refractivity contribution is 5.77. The van der Waals surface area contributed by atoms with E-state index in [-0.39, 0.29) is 5.91 Å². The number of likely N-dealkylation sites (tertiary alicyclic amines) is 1. The summed E-state index contributed by atoms with van der Waals surface area (Å²) in [5.41, 5.74) is 2.07. The van der Waals surface area contributed by atoms with E-state index in [9.17, 15) is 4.79 Å². The number of H-pyrrole nitrogens is 1. The average Bonchev–Trinajstić information content (AvgIpc) is 3.33. The third-order valence-corrected chi connectivity index (χ3v) is 5.04. The Morgan fingerprint density at radius 1 is 1.44 bits per heavy atom. The number of hydrogen-bond donors (Lipinski definition) is 1. The summed E-state index contributed by atoms with van der Waals surface area (Å²) in [5, 5.41) is 4.95. The molecule has 1 N–H and O–H groups in total. The number of hydrogen-bond acceptors (Lipinski definition) is 5. The molecule has 3 aromatic rings. The van der Waals surface area contributed by atoms with Gasteiger partial charge in [-0.2, -0.15) is 0 Å². The van der Waals surface area contributed by atoms with Crippen LogP contribution >= 0.6 is 0 Å². The van der Waals surface area contributed by atoms with Crippen LogP contribution in [0.2, 0.25) is 0 Å². The maximum atomic E-state index is 12.7. The van der Waals surface area contributed by atoms with E-state index in [1.165, 1.54) is 0 Å². The monoisotopic (exact) mass is 368 g/mol. The lowest BCUT2D eigenvalue weighted by Crippen LogP contribution is -2.39. The first-order valence-corrected chi connectivity index (χ1v) is 9.52. The van der Waals surface area contributed by atoms with E-state index in [0.29, 0.717) is 37.0 Å². The van der Waals surface area contributed by atoms with Crippen LogP contribution in [0.1, 0.15) is 43.6 Å². The molecule has 0 saturated carbocycles. The standard InChI is InChI=1S/C20H24N4O3/c1-2-26-18-12-16(27-23-18)7-8-19(25)24-10-4-6-15(13-24)17-11-14-5-3-9-21-20(14)22-17/h3,5,9,11-12,15H,2,4,6-8,10,13H2,1H3,(H,21,22)/t15-/m1/s1. The van der Waals surface area contributed by atoms with Gasteiger partial charge in [0.25, 0.3) is 5.88 Å². The lowest BCUT2D eigenvalue weighted by molar-refractivity contribution is -0.132. The summed E-state index contributed by atoms with van der Waals surface area (Å²) in [6, 6.07) is 7.91. The lowest BCUT2D eigenvalue weighted by atomic mass is 9.94. The first-order chi connectivity index (χ1) is 13.2. The van der Waals surface area contributed by atoms with Crippen LogP contribution in [0.15, 0.2) is 35.0 Å². The van der Waals surface area contributed by atoms with Crippen LogP contribution in [0.25, 0.3) is 11.0 Å². The van der Waals surface area contributed by atoms with Crippen molar-refractivity contribution in [1.29, 1.82) is 0 Å². The van der Waals surface area contributed by atoms with Crippen molar-refractivity contribution in [3.8, 4) is 5.88 Å². The number of rotatable bonds is 6. The van der Waals surface area contributed by atoms with Crippen LogP contribution in [-0.4, -0.2) is 45.6 Å². The summed E-state index contributed by atoms with van der Waals surface area (Å²) < 4.78 is 10.5. The molecular weight excluding hydrogens is 344 g/mol. The number of aromatic nitrogens is 3. The topological polar surface area (TPSA) is 84.2 Å². The van der Waals surface area contributed by atoms with Crippen molar-refractivity contribution in [2.75, 3.05) is 19.7 Å². The predicted octanol–water partition coefficient (Wildman–Crippen LogP) is 3.29. The van der Waals surface area contributed by atoms with E-state index in [2.05, 4.69) is 27.3 Å². The smallest absolute Gasteiger partial charge is 0.254 e. The molecule has 1 aliphatic heterocycles. The zero-order chi connectivity index (χ0) is 18.6. The van der Waals surface area contributed by atoms with E-state index < -0.39 is 0 Å². The molecule has 0 aliphatic carbocycles. The van der Waals surface area contributed by atoms with Gasteiger partial charge >= 0.3 is 0 Å². The Morgan fingerprint density at radius 2 is 2.37 bits per heavy atom. The molecule has 7 heteroatoms. The van der Waals surface area contributed by atoms with Crippen LogP contribution in [0.5, 0.6) is 5.88 Å². The van der Waals surface area contributed by atoms with Gasteiger partial charge in [-0.15, -0.1) is 0 Å². The molecule has 142 valence electrons. The number of amides is 1. The van der Waals surface area contributed by atoms with E-state index in [4.69, 9.17) is 9.26 Å². The molecule has 1 saturated heterocycles. The normalized spacial score (nSPS) is 17.4. The molecule has 27 heavy (non-hydrogen) atoms. The number of aryl methyl sites for hydroxylation is 1. The van der Waals surface area contributed by atoms with Gasteiger partial charge in [0.15, 0.2) is 0 Å². The molecule has 0 radical (unpaired) electrons. The number of nitrogens with one attached hydrogen (secondary N) is 1. The number of aromatic amines is 1. The first kappa shape index (κ1) is 17.6. The zero-order valence-corrected chi connectivity index (χ0v) is 15.5. The highest BCUT2D eigenvalue weighted by atomic mass is 16.5. The van der Waals surface area contributed by atoms with E-state index in [1.807, 2.05) is 17.9 Å². The fraction of sp³-hybridized carbons (Fsp3) is 0.450. The van der Waals surface area contributed by atoms with Gasteiger partial charge in [0.2, 0.25) is 5.91 Å². The van der Waals surface area contributed by atoms with E-state index in [1.54, 1.807) is 12.3 Å². The number of piperidine rings is 1. The maximum Gasteiger partial charge on any atom is 0.254 e. The van der Waals surface area contributed by atoms with Gasteiger partial charge in [0.05, 0.1) is 6.61 Å². The van der Waals surface area contributed by atoms with Crippen molar-refractivity contribution in [1.82, 2.24) is 20.0 Å². The van der Waals surface area contributed by atoms with Gasteiger partial charge in [0.1, 0.15) is 11.4 Å². The average molecular weight is 368 g/mol. The molecule has 0 bridgehead atoms. The van der Waals surface area contributed by atoms with Gasteiger partial charge in [0, 0.05) is 55.2 Å². The number of fused-ring (bicyclic) bond motifs is 1. The minimum absolute atomic E-state index is 0.156. The van der Waals surface area contributed by atoms with Crippen molar-refractivity contribution in [2.24, 2.45) is 0 Å². The third-order valence-electron chi connectivity index (χ3n) is 5.04. The first-order valence-electron chi connectivity index (χ1n) is 9.52. The molecule has 1 amide bonds. The molecule has 0 aromatic carbocycles. The highest BCUT2D eigenvalue weighted by Crippen LogP contribution is 2.29. The van der Waals surface area contributed by atoms with Crippen LogP contribution in [0.3, 0.4) is 0 Å². The summed E-state index contributed by atoms with van der Waals surface area (Å²) in [5.74, 6) is 1.64. The molecule has 3 aromatic heterocycles. The van der Waals surface area contributed by atoms with Gasteiger partial charge in [-0.1, -0.05) is 0 Å². The van der Waals surface area contributed by atoms with E-state index in [0.717, 1.165) is 42.7 Å². The quantitative estimate of drug-likeness (QED) is 0.722. The van der Waals surface area contributed by atoms with Crippen LogP contribution in [0.4, 0.5) is 0 Å². The Bertz CT molecular complexity index is 884. The zero-order valence-electron chi connectivity index (χ0n) is 15.5. The Kier molecular flexibility index (Phi) is 5.09. The second-order valence-corrected chi connectivity index (χ2v) is 6.91. The third kappa shape index (κ3) is 3.97. The number of carbonyl (C=O) groups is 1. The van der Waals surface area contributed by atoms with Gasteiger partial charge in [-0.3, -0.25) is 4.79 Å². The lowest BCUT2D eigenvalue weighted by Gasteiger charge is -2.32. The minimum atomic E-state index is 0.156. The van der Waals surface area contributed by atoms with Crippen LogP contribution in [-0.2, 0) is 11.2 Å². The minimum Gasteiger partial charge on any atom is -0.476 e. The Hall–Kier alpha value is -2.83. The highest BCUT2D eigenvalue weighted by Gasteiger charge is 2.26. The van der Waals surface area contributed by atoms with Gasteiger partial charge < -0.3 is 19.1 Å². The second-order valence-electron chi connectivity index (χ2n) is 6.91. The predicted molar refractivity (Wildman–Crippen MR) is 101 cm³/mol. The molecule has 7 nitrogen and oxygen atoms in total. The summed E-state index contributed by atoms with van der Waals surface area (Å²) in [7, 11) is 0. The van der Waals surface area contributed by atoms with Crippen LogP contribution in [0, 0.1) is 0 Å². The molecule has 1 fully saturated rings. The molecule has 4 heterocycles. The molecule has 0 spiro atoms. The Morgan fingerprint density at radius 3 is 3.22 bits per heavy atom. The van der Waals surface area contributed by atoms with Crippen molar-refractivity contribution < 1.29 is 14.1 Å². The van der Waals surface area contributed by atoms with Crippen molar-refractivity contribution in [3.05, 3.63) is 41.9 Å². The SMILES string of the molecule is CCOc1cc(CCC(=O)N2CCC[C@@H](c3cc4cccnc4[nH]3)C2)on1. The molecule has 1 aliphatic rings. The Labute approximate surface area is 157 Å². The second kappa shape index (κ2) is 7.82. The van der Waals surface area contributed by atoms with Crippen molar-refractivity contribution in [3.63, 3.8) is 0 Å². The van der Waals surface area contributed by atoms with Gasteiger partial charge in [-0.25, -0.2) is 4.98 Å². The number of carbonyl (C=O) groups excluding carboxylic acids is 1. The van der Waals surface area contributed by atoms with Gasteiger partial charge in [-0.05, 0) is 43.1 Å². The number of ether oxygens (including phenoxy) is 1. The van der Waals surface area contributed by atoms with E-state index >= 15 is 0 Å². The summed E-state index contributed by atoms with van der Waals surface area (Å²) >= 11 is 0. The van der Waals surface area contributed by atoms with Crippen molar-refractivity contribution >= 4 is 16.9 Å². The fourth-order valence-electron chi connectivity index (χ4n) is 3.67. The summed E-state index contributed by atoms with van der Waals surface area (Å²) in [6.07, 6.45) is 4.84. The fourth-order valence-corrected chi connectivity index (χ4v) is 3.67. The number of nitrogens with zero attached hydrogens (tertiary/aromatic N) is 3. The maximum absolute atomic E-state index is 12.7. The largest absolute Gasteiger partial charge is 0.476 e. The molecule has 0 unspecified atom stereocenters. The summed E-state index contributed by atoms with van der Waals surface area (Å²) in [4.78, 5) is 22.4. The van der Waals surface area contributed by atoms with Crippen LogP contribution < -0.4 is 4.74 Å². The molecule has 4 rings (SSSR count). The number of pyridine rings is 1. The van der Waals surface area contributed by atoms with Crippen molar-refractivity contribution in [2.45, 2.75) is 38.5 Å². The Balaban J connectivity index is 1.36. The molecule has 1 atom stereocenters. The molecular formula is C20H24N4O3.